The SMILES string of the molecule is CC1C=C(N)CCN1. The topological polar surface area (TPSA) is 38.0 Å². The van der Waals surface area contributed by atoms with E-state index in [1.54, 1.807) is 0 Å². The van der Waals surface area contributed by atoms with Crippen LogP contribution in [0.1, 0.15) is 13.3 Å². The molecule has 8 heavy (non-hydrogen) atoms. The monoisotopic (exact) mass is 112 g/mol. The number of nitrogens with one attached hydrogen (secondary N) is 1. The molecule has 0 radical (unpaired) electrons. The van der Waals surface area contributed by atoms with Crippen LogP contribution in [0.15, 0.2) is 11.8 Å². The van der Waals surface area contributed by atoms with Gasteiger partial charge in [0.15, 0.2) is 0 Å². The molecule has 2 nitrogen and oxygen atoms in total. The van der Waals surface area contributed by atoms with Crippen molar-refractivity contribution in [3.05, 3.63) is 11.8 Å². The minimum absolute atomic E-state index is 0.476. The first-order valence-electron chi connectivity index (χ1n) is 2.98. The van der Waals surface area contributed by atoms with Gasteiger partial charge in [0.1, 0.15) is 0 Å². The van der Waals surface area contributed by atoms with Crippen molar-refractivity contribution in [2.45, 2.75) is 19.4 Å². The van der Waals surface area contributed by atoms with Crippen molar-refractivity contribution in [3.8, 4) is 0 Å². The van der Waals surface area contributed by atoms with Crippen LogP contribution in [-0.4, -0.2) is 12.6 Å². The Hall–Kier alpha value is -0.500. The summed E-state index contributed by atoms with van der Waals surface area (Å²) < 4.78 is 0. The highest BCUT2D eigenvalue weighted by Crippen LogP contribution is 2.00. The van der Waals surface area contributed by atoms with Crippen LogP contribution < -0.4 is 11.1 Å². The molecule has 0 bridgehead atoms. The van der Waals surface area contributed by atoms with Gasteiger partial charge in [0, 0.05) is 18.3 Å². The van der Waals surface area contributed by atoms with Crippen LogP contribution in [0, 0.1) is 0 Å². The Labute approximate surface area is 49.8 Å². The molecule has 1 aliphatic heterocycles. The normalized spacial score (nSPS) is 29.6. The van der Waals surface area contributed by atoms with Gasteiger partial charge >= 0.3 is 0 Å². The van der Waals surface area contributed by atoms with Gasteiger partial charge in [0.2, 0.25) is 0 Å². The van der Waals surface area contributed by atoms with Gasteiger partial charge in [-0.2, -0.15) is 0 Å². The van der Waals surface area contributed by atoms with Crippen LogP contribution in [0.2, 0.25) is 0 Å². The molecule has 0 spiro atoms. The highest BCUT2D eigenvalue weighted by atomic mass is 14.9. The second-order valence-electron chi connectivity index (χ2n) is 2.23. The Balaban J connectivity index is 2.50. The predicted molar refractivity (Wildman–Crippen MR) is 34.4 cm³/mol. The van der Waals surface area contributed by atoms with Gasteiger partial charge in [0.05, 0.1) is 0 Å². The van der Waals surface area contributed by atoms with Crippen LogP contribution in [0.3, 0.4) is 0 Å². The van der Waals surface area contributed by atoms with Crippen molar-refractivity contribution in [2.24, 2.45) is 5.73 Å². The second-order valence-corrected chi connectivity index (χ2v) is 2.23. The lowest BCUT2D eigenvalue weighted by Crippen LogP contribution is -2.31. The van der Waals surface area contributed by atoms with Gasteiger partial charge in [-0.25, -0.2) is 0 Å². The van der Waals surface area contributed by atoms with Gasteiger partial charge in [-0.1, -0.05) is 0 Å². The van der Waals surface area contributed by atoms with Crippen LogP contribution in [0.5, 0.6) is 0 Å². The Bertz CT molecular complexity index is 107. The minimum Gasteiger partial charge on any atom is -0.402 e. The molecule has 1 aliphatic rings. The van der Waals surface area contributed by atoms with E-state index in [1.165, 1.54) is 0 Å². The third kappa shape index (κ3) is 1.23. The molecule has 3 N–H and O–H groups in total. The van der Waals surface area contributed by atoms with Gasteiger partial charge in [0.25, 0.3) is 0 Å². The van der Waals surface area contributed by atoms with E-state index in [0.29, 0.717) is 6.04 Å². The van der Waals surface area contributed by atoms with E-state index in [2.05, 4.69) is 18.3 Å². The fourth-order valence-electron chi connectivity index (χ4n) is 0.908. The van der Waals surface area contributed by atoms with E-state index >= 15 is 0 Å². The molecule has 0 aromatic rings. The van der Waals surface area contributed by atoms with Crippen molar-refractivity contribution >= 4 is 0 Å². The maximum atomic E-state index is 5.55. The molecule has 0 fully saturated rings. The zero-order valence-electron chi connectivity index (χ0n) is 5.15. The fraction of sp³-hybridized carbons (Fsp3) is 0.667. The zero-order valence-corrected chi connectivity index (χ0v) is 5.15. The van der Waals surface area contributed by atoms with Crippen molar-refractivity contribution in [2.75, 3.05) is 6.54 Å². The second kappa shape index (κ2) is 2.18. The lowest BCUT2D eigenvalue weighted by molar-refractivity contribution is 0.594. The molecule has 1 rings (SSSR count). The summed E-state index contributed by atoms with van der Waals surface area (Å²) in [5.41, 5.74) is 6.57. The lowest BCUT2D eigenvalue weighted by Gasteiger charge is -2.15. The molecule has 0 aliphatic carbocycles. The summed E-state index contributed by atoms with van der Waals surface area (Å²) in [6.07, 6.45) is 3.06. The summed E-state index contributed by atoms with van der Waals surface area (Å²) in [5.74, 6) is 0. The molecule has 1 unspecified atom stereocenters. The Morgan fingerprint density at radius 2 is 2.62 bits per heavy atom. The van der Waals surface area contributed by atoms with Crippen molar-refractivity contribution in [1.29, 1.82) is 0 Å². The molecule has 0 amide bonds. The van der Waals surface area contributed by atoms with E-state index in [1.807, 2.05) is 0 Å². The summed E-state index contributed by atoms with van der Waals surface area (Å²) in [6, 6.07) is 0.476. The zero-order chi connectivity index (χ0) is 5.98. The van der Waals surface area contributed by atoms with Gasteiger partial charge in [-0.3, -0.25) is 0 Å². The predicted octanol–water partition coefficient (Wildman–Crippen LogP) is 0.211. The third-order valence-corrected chi connectivity index (χ3v) is 1.34. The molecule has 0 saturated heterocycles. The standard InChI is InChI=1S/C6H12N2/c1-5-4-6(7)2-3-8-5/h4-5,8H,2-3,7H2,1H3. The molecule has 0 aromatic carbocycles. The maximum Gasteiger partial charge on any atom is 0.0241 e. The summed E-state index contributed by atoms with van der Waals surface area (Å²) in [7, 11) is 0. The smallest absolute Gasteiger partial charge is 0.0241 e. The molecule has 0 aromatic heterocycles. The first-order chi connectivity index (χ1) is 3.79. The Morgan fingerprint density at radius 1 is 1.88 bits per heavy atom. The summed E-state index contributed by atoms with van der Waals surface area (Å²) in [4.78, 5) is 0. The van der Waals surface area contributed by atoms with E-state index in [0.717, 1.165) is 18.7 Å². The van der Waals surface area contributed by atoms with E-state index in [4.69, 9.17) is 5.73 Å². The number of hydrogen-bond donors (Lipinski definition) is 2. The van der Waals surface area contributed by atoms with E-state index < -0.39 is 0 Å². The molecular weight excluding hydrogens is 100 g/mol. The Morgan fingerprint density at radius 3 is 3.00 bits per heavy atom. The fourth-order valence-corrected chi connectivity index (χ4v) is 0.908. The van der Waals surface area contributed by atoms with Crippen molar-refractivity contribution in [1.82, 2.24) is 5.32 Å². The van der Waals surface area contributed by atoms with E-state index in [-0.39, 0.29) is 0 Å². The summed E-state index contributed by atoms with van der Waals surface area (Å²) in [5, 5.41) is 3.26. The summed E-state index contributed by atoms with van der Waals surface area (Å²) >= 11 is 0. The average Bonchev–Trinajstić information content (AvgIpc) is 1.64. The van der Waals surface area contributed by atoms with Crippen LogP contribution in [-0.2, 0) is 0 Å². The highest BCUT2D eigenvalue weighted by Gasteiger charge is 2.03. The molecule has 0 saturated carbocycles. The highest BCUT2D eigenvalue weighted by molar-refractivity contribution is 5.05. The largest absolute Gasteiger partial charge is 0.402 e. The molecular formula is C6H12N2. The minimum atomic E-state index is 0.476. The maximum absolute atomic E-state index is 5.55. The quantitative estimate of drug-likeness (QED) is 0.470. The number of hydrogen-bond acceptors (Lipinski definition) is 2. The van der Waals surface area contributed by atoms with Gasteiger partial charge in [-0.05, 0) is 19.4 Å². The van der Waals surface area contributed by atoms with Crippen LogP contribution in [0.4, 0.5) is 0 Å². The molecule has 2 heteroatoms. The van der Waals surface area contributed by atoms with E-state index in [9.17, 15) is 0 Å². The number of nitrogens with two attached hydrogens (primary N) is 1. The van der Waals surface area contributed by atoms with Gasteiger partial charge < -0.3 is 11.1 Å². The van der Waals surface area contributed by atoms with Crippen molar-refractivity contribution < 1.29 is 0 Å². The van der Waals surface area contributed by atoms with Gasteiger partial charge in [-0.15, -0.1) is 0 Å². The third-order valence-electron chi connectivity index (χ3n) is 1.34. The summed E-state index contributed by atoms with van der Waals surface area (Å²) in [6.45, 7) is 3.13. The Kier molecular flexibility index (Phi) is 1.53. The van der Waals surface area contributed by atoms with Crippen LogP contribution in [0.25, 0.3) is 0 Å². The number of rotatable bonds is 0. The molecule has 46 valence electrons. The first kappa shape index (κ1) is 5.63. The van der Waals surface area contributed by atoms with Crippen LogP contribution >= 0.6 is 0 Å². The first-order valence-corrected chi connectivity index (χ1v) is 2.98. The average molecular weight is 112 g/mol. The lowest BCUT2D eigenvalue weighted by atomic mass is 10.1. The van der Waals surface area contributed by atoms with Crippen molar-refractivity contribution in [3.63, 3.8) is 0 Å². The molecule has 1 heterocycles. The molecule has 1 atom stereocenters.